The molecule has 1 fully saturated rings. The lowest BCUT2D eigenvalue weighted by molar-refractivity contribution is -0.138. The first-order valence-electron chi connectivity index (χ1n) is 9.56. The van der Waals surface area contributed by atoms with Crippen LogP contribution in [0.1, 0.15) is 39.2 Å². The van der Waals surface area contributed by atoms with Crippen LogP contribution in [0.5, 0.6) is 5.75 Å². The number of hydrogen-bond donors (Lipinski definition) is 0. The molecule has 0 bridgehead atoms. The number of carbonyl (C=O) groups is 1. The smallest absolute Gasteiger partial charge is 0.230 e. The van der Waals surface area contributed by atoms with Crippen molar-refractivity contribution < 1.29 is 14.3 Å². The molecule has 1 aliphatic rings. The van der Waals surface area contributed by atoms with Crippen molar-refractivity contribution in [1.29, 1.82) is 0 Å². The largest absolute Gasteiger partial charge is 0.497 e. The van der Waals surface area contributed by atoms with E-state index in [1.165, 1.54) is 0 Å². The number of hydrogen-bond acceptors (Lipinski definition) is 4. The molecule has 3 unspecified atom stereocenters. The molecule has 5 heteroatoms. The first-order chi connectivity index (χ1) is 12.4. The van der Waals surface area contributed by atoms with Crippen LogP contribution < -0.4 is 4.74 Å². The van der Waals surface area contributed by atoms with Gasteiger partial charge in [-0.15, -0.1) is 0 Å². The van der Waals surface area contributed by atoms with Crippen molar-refractivity contribution in [1.82, 2.24) is 9.80 Å². The molecule has 1 saturated heterocycles. The topological polar surface area (TPSA) is 42.0 Å². The number of rotatable bonds is 7. The summed E-state index contributed by atoms with van der Waals surface area (Å²) in [5, 5.41) is 0. The zero-order valence-corrected chi connectivity index (χ0v) is 17.1. The van der Waals surface area contributed by atoms with Gasteiger partial charge in [-0.05, 0) is 37.5 Å². The van der Waals surface area contributed by atoms with Crippen LogP contribution in [0.2, 0.25) is 0 Å². The van der Waals surface area contributed by atoms with Crippen molar-refractivity contribution in [3.63, 3.8) is 0 Å². The first kappa shape index (κ1) is 20.7. The number of amides is 1. The van der Waals surface area contributed by atoms with E-state index in [1.54, 1.807) is 14.2 Å². The standard InChI is InChI=1S/C21H34N2O3/c1-15(2)20(18-7-9-19(26-6)10-8-18)21(24)22-13-16(3)23(11-12-25-5)17(4)14-22/h7-10,15-17,20H,11-14H2,1-6H3. The third kappa shape index (κ3) is 4.77. The van der Waals surface area contributed by atoms with E-state index in [9.17, 15) is 4.79 Å². The van der Waals surface area contributed by atoms with E-state index in [-0.39, 0.29) is 17.7 Å². The Morgan fingerprint density at radius 3 is 2.15 bits per heavy atom. The minimum atomic E-state index is -0.120. The molecule has 5 nitrogen and oxygen atoms in total. The van der Waals surface area contributed by atoms with Gasteiger partial charge in [-0.1, -0.05) is 26.0 Å². The highest BCUT2D eigenvalue weighted by Gasteiger charge is 2.35. The minimum absolute atomic E-state index is 0.120. The van der Waals surface area contributed by atoms with Gasteiger partial charge in [0.25, 0.3) is 0 Å². The lowest BCUT2D eigenvalue weighted by Gasteiger charge is -2.45. The minimum Gasteiger partial charge on any atom is -0.497 e. The second-order valence-corrected chi connectivity index (χ2v) is 7.67. The molecular weight excluding hydrogens is 328 g/mol. The van der Waals surface area contributed by atoms with Crippen molar-refractivity contribution in [3.8, 4) is 5.75 Å². The fraction of sp³-hybridized carbons (Fsp3) is 0.667. The van der Waals surface area contributed by atoms with Gasteiger partial charge in [-0.3, -0.25) is 9.69 Å². The molecule has 146 valence electrons. The number of benzene rings is 1. The third-order valence-corrected chi connectivity index (χ3v) is 5.37. The average molecular weight is 363 g/mol. The molecule has 0 spiro atoms. The molecule has 1 heterocycles. The summed E-state index contributed by atoms with van der Waals surface area (Å²) < 4.78 is 10.5. The molecule has 0 aromatic heterocycles. The summed E-state index contributed by atoms with van der Waals surface area (Å²) >= 11 is 0. The monoisotopic (exact) mass is 362 g/mol. The van der Waals surface area contributed by atoms with E-state index >= 15 is 0 Å². The summed E-state index contributed by atoms with van der Waals surface area (Å²) in [6.45, 7) is 11.8. The molecular formula is C21H34N2O3. The van der Waals surface area contributed by atoms with Gasteiger partial charge in [0, 0.05) is 38.8 Å². The number of carbonyl (C=O) groups excluding carboxylic acids is 1. The maximum Gasteiger partial charge on any atom is 0.230 e. The summed E-state index contributed by atoms with van der Waals surface area (Å²) in [5.41, 5.74) is 1.06. The highest BCUT2D eigenvalue weighted by Crippen LogP contribution is 2.30. The highest BCUT2D eigenvalue weighted by atomic mass is 16.5. The van der Waals surface area contributed by atoms with Gasteiger partial charge in [0.2, 0.25) is 5.91 Å². The van der Waals surface area contributed by atoms with Crippen molar-refractivity contribution in [2.45, 2.75) is 45.7 Å². The Bertz CT molecular complexity index is 561. The summed E-state index contributed by atoms with van der Waals surface area (Å²) in [6, 6.07) is 8.58. The number of ether oxygens (including phenoxy) is 2. The maximum atomic E-state index is 13.4. The van der Waals surface area contributed by atoms with Crippen LogP contribution in [0.25, 0.3) is 0 Å². The molecule has 0 N–H and O–H groups in total. The van der Waals surface area contributed by atoms with E-state index in [1.807, 2.05) is 29.2 Å². The molecule has 26 heavy (non-hydrogen) atoms. The van der Waals surface area contributed by atoms with Crippen LogP contribution in [0, 0.1) is 5.92 Å². The van der Waals surface area contributed by atoms with Gasteiger partial charge < -0.3 is 14.4 Å². The van der Waals surface area contributed by atoms with Crippen LogP contribution in [-0.2, 0) is 9.53 Å². The summed E-state index contributed by atoms with van der Waals surface area (Å²) in [5.74, 6) is 1.17. The predicted molar refractivity (Wildman–Crippen MR) is 105 cm³/mol. The van der Waals surface area contributed by atoms with Crippen molar-refractivity contribution in [2.75, 3.05) is 40.5 Å². The number of nitrogens with zero attached hydrogens (tertiary/aromatic N) is 2. The molecule has 1 amide bonds. The second-order valence-electron chi connectivity index (χ2n) is 7.67. The van der Waals surface area contributed by atoms with Crippen LogP contribution in [-0.4, -0.2) is 68.3 Å². The zero-order valence-electron chi connectivity index (χ0n) is 17.1. The molecule has 0 aliphatic carbocycles. The molecule has 0 radical (unpaired) electrons. The van der Waals surface area contributed by atoms with Crippen LogP contribution >= 0.6 is 0 Å². The summed E-state index contributed by atoms with van der Waals surface area (Å²) in [6.07, 6.45) is 0. The Balaban J connectivity index is 2.14. The van der Waals surface area contributed by atoms with E-state index in [0.717, 1.165) is 37.6 Å². The lowest BCUT2D eigenvalue weighted by atomic mass is 9.86. The zero-order chi connectivity index (χ0) is 19.3. The Morgan fingerprint density at radius 1 is 1.12 bits per heavy atom. The quantitative estimate of drug-likeness (QED) is 0.748. The van der Waals surface area contributed by atoms with Crippen molar-refractivity contribution in [3.05, 3.63) is 29.8 Å². The van der Waals surface area contributed by atoms with Gasteiger partial charge in [-0.2, -0.15) is 0 Å². The molecule has 2 rings (SSSR count). The Kier molecular flexibility index (Phi) is 7.47. The summed E-state index contributed by atoms with van der Waals surface area (Å²) in [7, 11) is 3.39. The third-order valence-electron chi connectivity index (χ3n) is 5.37. The molecule has 1 aliphatic heterocycles. The van der Waals surface area contributed by atoms with Crippen LogP contribution in [0.4, 0.5) is 0 Å². The van der Waals surface area contributed by atoms with Crippen LogP contribution in [0.15, 0.2) is 24.3 Å². The molecule has 3 atom stereocenters. The number of methoxy groups -OCH3 is 2. The Hall–Kier alpha value is -1.59. The highest BCUT2D eigenvalue weighted by molar-refractivity contribution is 5.84. The van der Waals surface area contributed by atoms with E-state index < -0.39 is 0 Å². The lowest BCUT2D eigenvalue weighted by Crippen LogP contribution is -2.59. The predicted octanol–water partition coefficient (Wildman–Crippen LogP) is 3.00. The van der Waals surface area contributed by atoms with Gasteiger partial charge in [0.15, 0.2) is 0 Å². The van der Waals surface area contributed by atoms with E-state index in [4.69, 9.17) is 9.47 Å². The molecule has 1 aromatic rings. The molecule has 1 aromatic carbocycles. The van der Waals surface area contributed by atoms with Crippen molar-refractivity contribution >= 4 is 5.91 Å². The first-order valence-corrected chi connectivity index (χ1v) is 9.56. The van der Waals surface area contributed by atoms with E-state index in [2.05, 4.69) is 32.6 Å². The fourth-order valence-corrected chi connectivity index (χ4v) is 3.99. The molecule has 0 saturated carbocycles. The Labute approximate surface area is 158 Å². The maximum absolute atomic E-state index is 13.4. The SMILES string of the molecule is COCCN1C(C)CN(C(=O)C(c2ccc(OC)cc2)C(C)C)CC1C. The van der Waals surface area contributed by atoms with Gasteiger partial charge in [-0.25, -0.2) is 0 Å². The van der Waals surface area contributed by atoms with Crippen molar-refractivity contribution in [2.24, 2.45) is 5.92 Å². The second kappa shape index (κ2) is 9.38. The number of piperazine rings is 1. The Morgan fingerprint density at radius 2 is 1.69 bits per heavy atom. The van der Waals surface area contributed by atoms with Gasteiger partial charge in [0.05, 0.1) is 19.6 Å². The van der Waals surface area contributed by atoms with Gasteiger partial charge >= 0.3 is 0 Å². The average Bonchev–Trinajstić information content (AvgIpc) is 2.61. The normalized spacial score (nSPS) is 22.5. The van der Waals surface area contributed by atoms with Gasteiger partial charge in [0.1, 0.15) is 5.75 Å². The van der Waals surface area contributed by atoms with Crippen LogP contribution in [0.3, 0.4) is 0 Å². The summed E-state index contributed by atoms with van der Waals surface area (Å²) in [4.78, 5) is 17.8. The van der Waals surface area contributed by atoms with E-state index in [0.29, 0.717) is 12.1 Å². The fourth-order valence-electron chi connectivity index (χ4n) is 3.99.